The second-order valence-electron chi connectivity index (χ2n) is 6.60. The molecule has 6 atom stereocenters. The Balaban J connectivity index is 1.74. The topological polar surface area (TPSA) is 138 Å². The number of anilines is 3. The molecular formula is C14H22N5O7P. The number of aliphatic hydroxyl groups excluding tert-OH is 1. The van der Waals surface area contributed by atoms with Gasteiger partial charge in [0.2, 0.25) is 5.95 Å². The van der Waals surface area contributed by atoms with Gasteiger partial charge >= 0.3 is 7.82 Å². The normalized spacial score (nSPS) is 38.0. The first-order valence-electron chi connectivity index (χ1n) is 8.39. The van der Waals surface area contributed by atoms with E-state index in [2.05, 4.69) is 15.3 Å². The fourth-order valence-corrected chi connectivity index (χ4v) is 4.91. The molecule has 0 bridgehead atoms. The average Bonchev–Trinajstić information content (AvgIpc) is 2.66. The van der Waals surface area contributed by atoms with Crippen LogP contribution in [-0.4, -0.2) is 80.5 Å². The van der Waals surface area contributed by atoms with Gasteiger partial charge in [-0.2, -0.15) is 4.98 Å². The largest absolute Gasteiger partial charge is 0.475 e. The van der Waals surface area contributed by atoms with E-state index in [9.17, 15) is 14.5 Å². The third-order valence-corrected chi connectivity index (χ3v) is 6.57. The van der Waals surface area contributed by atoms with Crippen molar-refractivity contribution in [2.24, 2.45) is 0 Å². The second-order valence-corrected chi connectivity index (χ2v) is 8.33. The summed E-state index contributed by atoms with van der Waals surface area (Å²) in [5.74, 6) is 0.731. The minimum absolute atomic E-state index is 0.0506. The van der Waals surface area contributed by atoms with E-state index in [0.29, 0.717) is 17.5 Å². The summed E-state index contributed by atoms with van der Waals surface area (Å²) < 4.78 is 33.8. The van der Waals surface area contributed by atoms with Crippen LogP contribution in [0.5, 0.6) is 0 Å². The van der Waals surface area contributed by atoms with E-state index >= 15 is 0 Å². The molecule has 1 aromatic heterocycles. The molecule has 2 saturated heterocycles. The van der Waals surface area contributed by atoms with Gasteiger partial charge in [0.15, 0.2) is 12.0 Å². The number of aromatic nitrogens is 2. The van der Waals surface area contributed by atoms with E-state index < -0.39 is 38.4 Å². The summed E-state index contributed by atoms with van der Waals surface area (Å²) in [5, 5.41) is 13.8. The third-order valence-electron chi connectivity index (χ3n) is 5.16. The fraction of sp³-hybridized carbons (Fsp3) is 0.714. The molecule has 0 spiro atoms. The maximum Gasteiger partial charge on any atom is 0.475 e. The second kappa shape index (κ2) is 6.43. The summed E-state index contributed by atoms with van der Waals surface area (Å²) in [4.78, 5) is 22.9. The number of phosphoric ester groups is 1. The molecule has 0 aliphatic carbocycles. The number of ether oxygens (including phenoxy) is 1. The van der Waals surface area contributed by atoms with E-state index in [1.54, 1.807) is 30.9 Å². The van der Waals surface area contributed by atoms with Crippen molar-refractivity contribution in [2.45, 2.75) is 30.6 Å². The average molecular weight is 403 g/mol. The number of nitrogens with zero attached hydrogens (tertiary/aromatic N) is 3. The van der Waals surface area contributed by atoms with Crippen molar-refractivity contribution >= 4 is 25.3 Å². The Hall–Kier alpha value is -1.69. The van der Waals surface area contributed by atoms with Gasteiger partial charge in [-0.05, 0) is 0 Å². The van der Waals surface area contributed by atoms with Crippen LogP contribution in [0, 0.1) is 0 Å². The van der Waals surface area contributed by atoms with Crippen LogP contribution in [0.2, 0.25) is 0 Å². The molecular weight excluding hydrogens is 381 g/mol. The lowest BCUT2D eigenvalue weighted by Crippen LogP contribution is -2.70. The Morgan fingerprint density at radius 3 is 2.81 bits per heavy atom. The van der Waals surface area contributed by atoms with Crippen molar-refractivity contribution in [3.8, 4) is 0 Å². The molecule has 3 N–H and O–H groups in total. The van der Waals surface area contributed by atoms with Gasteiger partial charge in [0.25, 0.3) is 5.56 Å². The maximum absolute atomic E-state index is 12.6. The van der Waals surface area contributed by atoms with Gasteiger partial charge in [-0.15, -0.1) is 0 Å². The van der Waals surface area contributed by atoms with Crippen molar-refractivity contribution in [3.05, 3.63) is 10.4 Å². The number of hydrogen-bond acceptors (Lipinski definition) is 11. The monoisotopic (exact) mass is 403 g/mol. The molecule has 1 aromatic rings. The van der Waals surface area contributed by atoms with Crippen molar-refractivity contribution < 1.29 is 28.0 Å². The highest BCUT2D eigenvalue weighted by Crippen LogP contribution is 2.55. The molecule has 0 amide bonds. The standard InChI is InChI=1S/C14H22N5O7P/c1-15-14-16-11-8(12(21)17-14)18(2)7-9(20)10-6(25-13(7)19(11)3)5-24-27(22,23-4)26-10/h6-7,9-10,13,20H,5H2,1-4H3,(H2,15,16,17,21). The molecule has 0 saturated carbocycles. The first-order chi connectivity index (χ1) is 12.8. The Kier molecular flexibility index (Phi) is 4.45. The molecule has 13 heteroatoms. The molecule has 12 nitrogen and oxygen atoms in total. The predicted molar refractivity (Wildman–Crippen MR) is 95.1 cm³/mol. The zero-order valence-corrected chi connectivity index (χ0v) is 16.2. The SMILES string of the molecule is CNc1nc2c(c(=O)[nH]1)N(C)C1C(O)C3OP(=O)(OC)OCC3OC1N2C. The third kappa shape index (κ3) is 2.75. The van der Waals surface area contributed by atoms with Crippen molar-refractivity contribution in [2.75, 3.05) is 50.0 Å². The quantitative estimate of drug-likeness (QED) is 0.542. The number of nitrogens with one attached hydrogen (secondary N) is 2. The van der Waals surface area contributed by atoms with E-state index in [1.807, 2.05) is 0 Å². The summed E-state index contributed by atoms with van der Waals surface area (Å²) in [6, 6.07) is -0.657. The number of aromatic amines is 1. The zero-order valence-electron chi connectivity index (χ0n) is 15.3. The zero-order chi connectivity index (χ0) is 19.5. The molecule has 6 unspecified atom stereocenters. The van der Waals surface area contributed by atoms with Crippen LogP contribution in [0.1, 0.15) is 0 Å². The van der Waals surface area contributed by atoms with Crippen LogP contribution < -0.4 is 20.7 Å². The van der Waals surface area contributed by atoms with Crippen LogP contribution in [0.3, 0.4) is 0 Å². The summed E-state index contributed by atoms with van der Waals surface area (Å²) >= 11 is 0. The molecule has 2 fully saturated rings. The number of likely N-dealkylation sites (N-methyl/N-ethyl adjacent to an activating group) is 2. The molecule has 0 aromatic carbocycles. The highest BCUT2D eigenvalue weighted by molar-refractivity contribution is 7.48. The first-order valence-corrected chi connectivity index (χ1v) is 9.85. The van der Waals surface area contributed by atoms with Crippen molar-refractivity contribution in [1.29, 1.82) is 0 Å². The summed E-state index contributed by atoms with van der Waals surface area (Å²) in [6.07, 6.45) is -3.30. The van der Waals surface area contributed by atoms with Gasteiger partial charge in [-0.1, -0.05) is 0 Å². The van der Waals surface area contributed by atoms with E-state index in [1.165, 1.54) is 7.11 Å². The molecule has 3 aliphatic rings. The summed E-state index contributed by atoms with van der Waals surface area (Å²) in [6.45, 7) is -0.0506. The number of phosphoric acid groups is 1. The van der Waals surface area contributed by atoms with Crippen molar-refractivity contribution in [3.63, 3.8) is 0 Å². The maximum atomic E-state index is 12.6. The lowest BCUT2D eigenvalue weighted by Gasteiger charge is -2.54. The Bertz CT molecular complexity index is 850. The molecule has 4 heterocycles. The molecule has 0 radical (unpaired) electrons. The number of hydrogen-bond donors (Lipinski definition) is 3. The van der Waals surface area contributed by atoms with Crippen LogP contribution in [0.25, 0.3) is 0 Å². The molecule has 27 heavy (non-hydrogen) atoms. The number of H-pyrrole nitrogens is 1. The van der Waals surface area contributed by atoms with Gasteiger partial charge in [0, 0.05) is 28.3 Å². The molecule has 150 valence electrons. The van der Waals surface area contributed by atoms with Gasteiger partial charge < -0.3 is 25.0 Å². The molecule has 3 aliphatic heterocycles. The number of aliphatic hydroxyl groups is 1. The fourth-order valence-electron chi connectivity index (χ4n) is 3.77. The van der Waals surface area contributed by atoms with Crippen LogP contribution in [-0.2, 0) is 22.9 Å². The van der Waals surface area contributed by atoms with Crippen molar-refractivity contribution in [1.82, 2.24) is 9.97 Å². The van der Waals surface area contributed by atoms with Gasteiger partial charge in [0.1, 0.15) is 30.0 Å². The highest BCUT2D eigenvalue weighted by Gasteiger charge is 2.56. The highest BCUT2D eigenvalue weighted by atomic mass is 31.2. The van der Waals surface area contributed by atoms with Crippen LogP contribution in [0.4, 0.5) is 17.5 Å². The smallest absolute Gasteiger partial charge is 0.388 e. The number of fused-ring (bicyclic) bond motifs is 3. The number of rotatable bonds is 2. The predicted octanol–water partition coefficient (Wildman–Crippen LogP) is -0.678. The lowest BCUT2D eigenvalue weighted by atomic mass is 9.92. The van der Waals surface area contributed by atoms with Gasteiger partial charge in [0.05, 0.1) is 6.61 Å². The van der Waals surface area contributed by atoms with E-state index in [-0.39, 0.29) is 12.2 Å². The molecule has 4 rings (SSSR count). The summed E-state index contributed by atoms with van der Waals surface area (Å²) in [5.41, 5.74) is -0.0669. The Morgan fingerprint density at radius 1 is 1.41 bits per heavy atom. The van der Waals surface area contributed by atoms with Crippen LogP contribution in [0.15, 0.2) is 4.79 Å². The summed E-state index contributed by atoms with van der Waals surface area (Å²) in [7, 11) is 2.51. The lowest BCUT2D eigenvalue weighted by molar-refractivity contribution is -0.201. The Labute approximate surface area is 155 Å². The van der Waals surface area contributed by atoms with E-state index in [4.69, 9.17) is 18.3 Å². The Morgan fingerprint density at radius 2 is 2.15 bits per heavy atom. The minimum Gasteiger partial charge on any atom is -0.388 e. The minimum atomic E-state index is -3.75. The van der Waals surface area contributed by atoms with Gasteiger partial charge in [-0.25, -0.2) is 4.57 Å². The van der Waals surface area contributed by atoms with Crippen LogP contribution >= 0.6 is 7.82 Å². The van der Waals surface area contributed by atoms with Gasteiger partial charge in [-0.3, -0.25) is 23.3 Å². The first kappa shape index (κ1) is 18.7. The van der Waals surface area contributed by atoms with E-state index in [0.717, 1.165) is 0 Å².